The number of halogens is 4. The van der Waals surface area contributed by atoms with Gasteiger partial charge in [0, 0.05) is 44.3 Å². The average Bonchev–Trinajstić information content (AvgIpc) is 2.83. The maximum Gasteiger partial charge on any atom is 0.243 e. The minimum absolute atomic E-state index is 0.126. The molecule has 3 aromatic carbocycles. The van der Waals surface area contributed by atoms with Gasteiger partial charge >= 0.3 is 0 Å². The summed E-state index contributed by atoms with van der Waals surface area (Å²) in [5.74, 6) is 0.145. The second kappa shape index (κ2) is 14.0. The van der Waals surface area contributed by atoms with Gasteiger partial charge in [0.2, 0.25) is 11.8 Å². The number of amides is 2. The Kier molecular flexibility index (Phi) is 11.3. The van der Waals surface area contributed by atoms with Crippen LogP contribution in [-0.4, -0.2) is 34.0 Å². The molecular weight excluding hydrogens is 582 g/mol. The van der Waals surface area contributed by atoms with E-state index in [1.54, 1.807) is 41.3 Å². The Balaban J connectivity index is 1.92. The number of benzene rings is 3. The van der Waals surface area contributed by atoms with Crippen LogP contribution in [0.1, 0.15) is 37.5 Å². The molecule has 0 fully saturated rings. The normalized spacial score (nSPS) is 12.2. The summed E-state index contributed by atoms with van der Waals surface area (Å²) in [5, 5.41) is 5.08. The van der Waals surface area contributed by atoms with Crippen LogP contribution in [0.3, 0.4) is 0 Å². The first-order valence-electron chi connectivity index (χ1n) is 12.0. The van der Waals surface area contributed by atoms with Gasteiger partial charge in [0.15, 0.2) is 0 Å². The molecule has 38 heavy (non-hydrogen) atoms. The van der Waals surface area contributed by atoms with Crippen LogP contribution in [0.15, 0.2) is 66.7 Å². The molecule has 0 aliphatic heterocycles. The summed E-state index contributed by atoms with van der Waals surface area (Å²) in [5.41, 5.74) is 1.93. The highest BCUT2D eigenvalue weighted by atomic mass is 35.5. The van der Waals surface area contributed by atoms with Gasteiger partial charge in [0.1, 0.15) is 6.04 Å². The van der Waals surface area contributed by atoms with Crippen molar-refractivity contribution in [1.29, 1.82) is 0 Å². The molecule has 0 spiro atoms. The molecular formula is C29H30Cl4N2O2S. The van der Waals surface area contributed by atoms with E-state index in [4.69, 9.17) is 46.4 Å². The summed E-state index contributed by atoms with van der Waals surface area (Å²) in [6.45, 7) is 5.89. The molecule has 9 heteroatoms. The topological polar surface area (TPSA) is 49.4 Å². The van der Waals surface area contributed by atoms with E-state index in [0.717, 1.165) is 11.1 Å². The molecule has 0 bridgehead atoms. The molecule has 4 nitrogen and oxygen atoms in total. The van der Waals surface area contributed by atoms with Gasteiger partial charge in [-0.25, -0.2) is 0 Å². The highest BCUT2D eigenvalue weighted by molar-refractivity contribution is 7.99. The first-order chi connectivity index (χ1) is 17.9. The van der Waals surface area contributed by atoms with Crippen molar-refractivity contribution in [3.05, 3.63) is 104 Å². The highest BCUT2D eigenvalue weighted by Gasteiger charge is 2.32. The second-order valence-corrected chi connectivity index (χ2v) is 12.5. The number of nitrogens with one attached hydrogen (secondary N) is 1. The second-order valence-electron chi connectivity index (χ2n) is 9.90. The van der Waals surface area contributed by atoms with Crippen LogP contribution in [0.2, 0.25) is 20.1 Å². The molecule has 202 valence electrons. The monoisotopic (exact) mass is 610 g/mol. The van der Waals surface area contributed by atoms with Gasteiger partial charge in [0.25, 0.3) is 0 Å². The van der Waals surface area contributed by atoms with E-state index in [1.807, 2.05) is 51.1 Å². The Bertz CT molecular complexity index is 1240. The Morgan fingerprint density at radius 3 is 2.16 bits per heavy atom. The van der Waals surface area contributed by atoms with Crippen molar-refractivity contribution in [1.82, 2.24) is 10.2 Å². The number of thioether (sulfide) groups is 1. The fourth-order valence-electron chi connectivity index (χ4n) is 3.83. The van der Waals surface area contributed by atoms with E-state index in [0.29, 0.717) is 37.8 Å². The SMILES string of the molecule is CC(C)(C)NC(=O)[C@@H](Cc1ccccc1)N(Cc1ccc(Cl)cc1Cl)C(=O)CSCc1c(Cl)cccc1Cl. The Morgan fingerprint density at radius 2 is 1.55 bits per heavy atom. The number of carbonyl (C=O) groups is 2. The van der Waals surface area contributed by atoms with E-state index in [2.05, 4.69) is 5.32 Å². The third kappa shape index (κ3) is 9.10. The van der Waals surface area contributed by atoms with Crippen molar-refractivity contribution in [2.45, 2.75) is 51.1 Å². The molecule has 3 aromatic rings. The molecule has 0 unspecified atom stereocenters. The van der Waals surface area contributed by atoms with Gasteiger partial charge in [-0.3, -0.25) is 9.59 Å². The van der Waals surface area contributed by atoms with Crippen molar-refractivity contribution < 1.29 is 9.59 Å². The van der Waals surface area contributed by atoms with E-state index < -0.39 is 11.6 Å². The van der Waals surface area contributed by atoms with Gasteiger partial charge in [-0.05, 0) is 61.7 Å². The molecule has 0 aliphatic rings. The summed E-state index contributed by atoms with van der Waals surface area (Å²) in [4.78, 5) is 29.0. The zero-order valence-electron chi connectivity index (χ0n) is 21.4. The molecule has 0 heterocycles. The summed E-state index contributed by atoms with van der Waals surface area (Å²) in [7, 11) is 0. The molecule has 2 amide bonds. The van der Waals surface area contributed by atoms with Crippen molar-refractivity contribution in [2.75, 3.05) is 5.75 Å². The smallest absolute Gasteiger partial charge is 0.243 e. The van der Waals surface area contributed by atoms with Crippen molar-refractivity contribution >= 4 is 70.0 Å². The van der Waals surface area contributed by atoms with Crippen LogP contribution in [0.5, 0.6) is 0 Å². The molecule has 0 saturated heterocycles. The van der Waals surface area contributed by atoms with E-state index in [-0.39, 0.29) is 24.1 Å². The third-order valence-electron chi connectivity index (χ3n) is 5.66. The molecule has 3 rings (SSSR count). The van der Waals surface area contributed by atoms with Gasteiger partial charge in [-0.15, -0.1) is 11.8 Å². The predicted molar refractivity (Wildman–Crippen MR) is 161 cm³/mol. The van der Waals surface area contributed by atoms with Crippen LogP contribution in [0.4, 0.5) is 0 Å². The van der Waals surface area contributed by atoms with E-state index in [1.165, 1.54) is 11.8 Å². The number of nitrogens with zero attached hydrogens (tertiary/aromatic N) is 1. The van der Waals surface area contributed by atoms with Crippen molar-refractivity contribution in [2.24, 2.45) is 0 Å². The molecule has 0 saturated carbocycles. The first-order valence-corrected chi connectivity index (χ1v) is 14.7. The fourth-order valence-corrected chi connectivity index (χ4v) is 5.95. The largest absolute Gasteiger partial charge is 0.350 e. The number of rotatable bonds is 10. The van der Waals surface area contributed by atoms with Crippen LogP contribution in [0, 0.1) is 0 Å². The first kappa shape index (κ1) is 30.6. The zero-order chi connectivity index (χ0) is 27.9. The maximum absolute atomic E-state index is 13.8. The van der Waals surface area contributed by atoms with Gasteiger partial charge in [0.05, 0.1) is 5.75 Å². The minimum atomic E-state index is -0.764. The Labute approximate surface area is 249 Å². The lowest BCUT2D eigenvalue weighted by atomic mass is 10.0. The summed E-state index contributed by atoms with van der Waals surface area (Å²) >= 11 is 26.6. The standard InChI is InChI=1S/C29H30Cl4N2O2S/c1-29(2,3)34-28(37)26(14-19-8-5-4-6-9-19)35(16-20-12-13-21(30)15-25(20)33)27(36)18-38-17-22-23(31)10-7-11-24(22)32/h4-13,15,26H,14,16-18H2,1-3H3,(H,34,37)/t26-/m1/s1. The van der Waals surface area contributed by atoms with Crippen LogP contribution in [-0.2, 0) is 28.3 Å². The lowest BCUT2D eigenvalue weighted by Gasteiger charge is -2.34. The average molecular weight is 612 g/mol. The molecule has 1 atom stereocenters. The number of hydrogen-bond acceptors (Lipinski definition) is 3. The molecule has 0 aliphatic carbocycles. The van der Waals surface area contributed by atoms with Gasteiger partial charge < -0.3 is 10.2 Å². The fraction of sp³-hybridized carbons (Fsp3) is 0.310. The van der Waals surface area contributed by atoms with Crippen LogP contribution >= 0.6 is 58.2 Å². The van der Waals surface area contributed by atoms with Crippen molar-refractivity contribution in [3.63, 3.8) is 0 Å². The van der Waals surface area contributed by atoms with Gasteiger partial charge in [-0.2, -0.15) is 0 Å². The molecule has 0 radical (unpaired) electrons. The molecule has 0 aromatic heterocycles. The summed E-state index contributed by atoms with van der Waals surface area (Å²) in [6.07, 6.45) is 0.348. The highest BCUT2D eigenvalue weighted by Crippen LogP contribution is 2.29. The maximum atomic E-state index is 13.8. The zero-order valence-corrected chi connectivity index (χ0v) is 25.3. The Morgan fingerprint density at radius 1 is 0.895 bits per heavy atom. The lowest BCUT2D eigenvalue weighted by Crippen LogP contribution is -2.54. The lowest BCUT2D eigenvalue weighted by molar-refractivity contribution is -0.140. The van der Waals surface area contributed by atoms with E-state index >= 15 is 0 Å². The van der Waals surface area contributed by atoms with E-state index in [9.17, 15) is 9.59 Å². The number of hydrogen-bond donors (Lipinski definition) is 1. The quantitative estimate of drug-likeness (QED) is 0.252. The minimum Gasteiger partial charge on any atom is -0.350 e. The van der Waals surface area contributed by atoms with Crippen molar-refractivity contribution in [3.8, 4) is 0 Å². The third-order valence-corrected chi connectivity index (χ3v) is 7.90. The van der Waals surface area contributed by atoms with Crippen LogP contribution in [0.25, 0.3) is 0 Å². The Hall–Kier alpha value is -1.89. The summed E-state index contributed by atoms with van der Waals surface area (Å²) < 4.78 is 0. The number of carbonyl (C=O) groups excluding carboxylic acids is 2. The van der Waals surface area contributed by atoms with Gasteiger partial charge in [-0.1, -0.05) is 88.9 Å². The predicted octanol–water partition coefficient (Wildman–Crippen LogP) is 8.09. The molecule has 1 N–H and O–H groups in total. The van der Waals surface area contributed by atoms with Crippen LogP contribution < -0.4 is 5.32 Å². The summed E-state index contributed by atoms with van der Waals surface area (Å²) in [6, 6.07) is 19.3.